The lowest BCUT2D eigenvalue weighted by atomic mass is 10.1. The minimum atomic E-state index is -1.07. The van der Waals surface area contributed by atoms with E-state index in [4.69, 9.17) is 18.9 Å². The molecule has 2 aromatic rings. The van der Waals surface area contributed by atoms with E-state index in [1.807, 2.05) is 0 Å². The smallest absolute Gasteiger partial charge is 0.355 e. The molecule has 0 saturated heterocycles. The maximum atomic E-state index is 12.5. The number of fused-ring (bicyclic) bond motifs is 1. The molecule has 9 nitrogen and oxygen atoms in total. The van der Waals surface area contributed by atoms with Crippen molar-refractivity contribution in [2.24, 2.45) is 0 Å². The third-order valence-electron chi connectivity index (χ3n) is 4.41. The number of hydrogen-bond acceptors (Lipinski definition) is 7. The first-order chi connectivity index (χ1) is 13.8. The second kappa shape index (κ2) is 8.26. The van der Waals surface area contributed by atoms with Gasteiger partial charge in [0.1, 0.15) is 5.69 Å². The SMILES string of the molecule is CCOC(=O)c1c(C)[nH]c(C(=O)OC(C)C(=O)Nc2ccc3c(c2)OCO3)c1C. The first-order valence-corrected chi connectivity index (χ1v) is 9.09. The van der Waals surface area contributed by atoms with Crippen molar-refractivity contribution in [1.29, 1.82) is 0 Å². The van der Waals surface area contributed by atoms with Crippen LogP contribution in [0, 0.1) is 13.8 Å². The van der Waals surface area contributed by atoms with Crippen molar-refractivity contribution in [3.63, 3.8) is 0 Å². The Hall–Kier alpha value is -3.49. The number of H-pyrrole nitrogens is 1. The Bertz CT molecular complexity index is 964. The molecule has 0 spiro atoms. The molecule has 1 unspecified atom stereocenters. The predicted octanol–water partition coefficient (Wildman–Crippen LogP) is 2.72. The van der Waals surface area contributed by atoms with Gasteiger partial charge in [-0.2, -0.15) is 0 Å². The number of aryl methyl sites for hydroxylation is 1. The lowest BCUT2D eigenvalue weighted by molar-refractivity contribution is -0.123. The van der Waals surface area contributed by atoms with Crippen molar-refractivity contribution in [2.75, 3.05) is 18.7 Å². The molecule has 29 heavy (non-hydrogen) atoms. The zero-order valence-electron chi connectivity index (χ0n) is 16.6. The topological polar surface area (TPSA) is 116 Å². The second-order valence-corrected chi connectivity index (χ2v) is 6.45. The Morgan fingerprint density at radius 3 is 2.62 bits per heavy atom. The number of aromatic nitrogens is 1. The van der Waals surface area contributed by atoms with Crippen LogP contribution in [0.25, 0.3) is 0 Å². The molecule has 1 aliphatic heterocycles. The fraction of sp³-hybridized carbons (Fsp3) is 0.350. The van der Waals surface area contributed by atoms with Gasteiger partial charge in [-0.05, 0) is 45.4 Å². The maximum Gasteiger partial charge on any atom is 0.355 e. The van der Waals surface area contributed by atoms with Crippen molar-refractivity contribution < 1.29 is 33.3 Å². The van der Waals surface area contributed by atoms with Crippen LogP contribution in [0.2, 0.25) is 0 Å². The molecule has 0 aliphatic carbocycles. The van der Waals surface area contributed by atoms with E-state index < -0.39 is 23.9 Å². The van der Waals surface area contributed by atoms with Crippen LogP contribution >= 0.6 is 0 Å². The van der Waals surface area contributed by atoms with Gasteiger partial charge in [-0.3, -0.25) is 4.79 Å². The van der Waals surface area contributed by atoms with Crippen LogP contribution in [0.3, 0.4) is 0 Å². The van der Waals surface area contributed by atoms with Crippen LogP contribution in [0.15, 0.2) is 18.2 Å². The Morgan fingerprint density at radius 1 is 1.17 bits per heavy atom. The van der Waals surface area contributed by atoms with Crippen molar-refractivity contribution in [1.82, 2.24) is 4.98 Å². The molecule has 1 aromatic carbocycles. The number of anilines is 1. The number of benzene rings is 1. The molecule has 0 fully saturated rings. The molecule has 0 radical (unpaired) electrons. The van der Waals surface area contributed by atoms with E-state index in [0.29, 0.717) is 28.4 Å². The molecule has 2 heterocycles. The summed E-state index contributed by atoms with van der Waals surface area (Å²) < 4.78 is 20.8. The Balaban J connectivity index is 1.66. The van der Waals surface area contributed by atoms with Crippen molar-refractivity contribution in [3.8, 4) is 11.5 Å². The summed E-state index contributed by atoms with van der Waals surface area (Å²) in [6.45, 7) is 6.78. The van der Waals surface area contributed by atoms with E-state index in [1.54, 1.807) is 39.0 Å². The highest BCUT2D eigenvalue weighted by atomic mass is 16.7. The van der Waals surface area contributed by atoms with E-state index in [0.717, 1.165) is 0 Å². The molecule has 1 aromatic heterocycles. The van der Waals surface area contributed by atoms with E-state index >= 15 is 0 Å². The molecule has 1 aliphatic rings. The van der Waals surface area contributed by atoms with Crippen molar-refractivity contribution in [2.45, 2.75) is 33.8 Å². The number of carbonyl (C=O) groups is 3. The molecule has 3 rings (SSSR count). The zero-order valence-corrected chi connectivity index (χ0v) is 16.6. The average Bonchev–Trinajstić information content (AvgIpc) is 3.25. The summed E-state index contributed by atoms with van der Waals surface area (Å²) in [6.07, 6.45) is -1.07. The highest BCUT2D eigenvalue weighted by molar-refractivity contribution is 6.00. The molecule has 154 valence electrons. The van der Waals surface area contributed by atoms with Gasteiger partial charge in [0.25, 0.3) is 5.91 Å². The van der Waals surface area contributed by atoms with Crippen LogP contribution < -0.4 is 14.8 Å². The van der Waals surface area contributed by atoms with Crippen LogP contribution in [-0.4, -0.2) is 42.3 Å². The van der Waals surface area contributed by atoms with Gasteiger partial charge in [-0.1, -0.05) is 0 Å². The Morgan fingerprint density at radius 2 is 1.90 bits per heavy atom. The fourth-order valence-electron chi connectivity index (χ4n) is 2.95. The van der Waals surface area contributed by atoms with Gasteiger partial charge in [-0.15, -0.1) is 0 Å². The van der Waals surface area contributed by atoms with Crippen LogP contribution in [0.5, 0.6) is 11.5 Å². The third-order valence-corrected chi connectivity index (χ3v) is 4.41. The summed E-state index contributed by atoms with van der Waals surface area (Å²) in [7, 11) is 0. The van der Waals surface area contributed by atoms with E-state index in [9.17, 15) is 14.4 Å². The number of amides is 1. The predicted molar refractivity (Wildman–Crippen MR) is 102 cm³/mol. The zero-order chi connectivity index (χ0) is 21.1. The Kier molecular flexibility index (Phi) is 5.76. The van der Waals surface area contributed by atoms with E-state index in [-0.39, 0.29) is 24.7 Å². The van der Waals surface area contributed by atoms with Gasteiger partial charge >= 0.3 is 11.9 Å². The number of hydrogen-bond donors (Lipinski definition) is 2. The lowest BCUT2D eigenvalue weighted by Gasteiger charge is -2.13. The molecule has 9 heteroatoms. The minimum Gasteiger partial charge on any atom is -0.462 e. The van der Waals surface area contributed by atoms with Gasteiger partial charge in [-0.25, -0.2) is 9.59 Å². The standard InChI is InChI=1S/C20H22N2O7/c1-5-26-19(24)16-10(2)17(21-11(16)3)20(25)29-12(4)18(23)22-13-6-7-14-15(8-13)28-9-27-14/h6-8,12,21H,5,9H2,1-4H3,(H,22,23). The number of aromatic amines is 1. The number of carbonyl (C=O) groups excluding carboxylic acids is 3. The average molecular weight is 402 g/mol. The quantitative estimate of drug-likeness (QED) is 0.714. The molecule has 1 atom stereocenters. The summed E-state index contributed by atoms with van der Waals surface area (Å²) in [5, 5.41) is 2.66. The maximum absolute atomic E-state index is 12.5. The number of ether oxygens (including phenoxy) is 4. The van der Waals surface area contributed by atoms with Crippen LogP contribution in [-0.2, 0) is 14.3 Å². The van der Waals surface area contributed by atoms with E-state index in [1.165, 1.54) is 6.92 Å². The molecule has 0 saturated carbocycles. The summed E-state index contributed by atoms with van der Waals surface area (Å²) in [5.41, 5.74) is 1.78. The van der Waals surface area contributed by atoms with Crippen molar-refractivity contribution >= 4 is 23.5 Å². The van der Waals surface area contributed by atoms with Crippen LogP contribution in [0.4, 0.5) is 5.69 Å². The van der Waals surface area contributed by atoms with Crippen molar-refractivity contribution in [3.05, 3.63) is 40.7 Å². The highest BCUT2D eigenvalue weighted by Gasteiger charge is 2.26. The Labute approximate surface area is 167 Å². The first-order valence-electron chi connectivity index (χ1n) is 9.09. The fourth-order valence-corrected chi connectivity index (χ4v) is 2.95. The molecule has 2 N–H and O–H groups in total. The summed E-state index contributed by atoms with van der Waals surface area (Å²) >= 11 is 0. The molecular formula is C20H22N2O7. The number of rotatable bonds is 6. The summed E-state index contributed by atoms with van der Waals surface area (Å²) in [6, 6.07) is 4.96. The minimum absolute atomic E-state index is 0.105. The van der Waals surface area contributed by atoms with Gasteiger partial charge in [0, 0.05) is 17.4 Å². The van der Waals surface area contributed by atoms with E-state index in [2.05, 4.69) is 10.3 Å². The monoisotopic (exact) mass is 402 g/mol. The molecular weight excluding hydrogens is 380 g/mol. The second-order valence-electron chi connectivity index (χ2n) is 6.45. The summed E-state index contributed by atoms with van der Waals surface area (Å²) in [4.78, 5) is 39.8. The van der Waals surface area contributed by atoms with Gasteiger partial charge < -0.3 is 29.2 Å². The van der Waals surface area contributed by atoms with Gasteiger partial charge in [0.05, 0.1) is 12.2 Å². The molecule has 1 amide bonds. The van der Waals surface area contributed by atoms with Crippen LogP contribution in [0.1, 0.15) is 46.0 Å². The summed E-state index contributed by atoms with van der Waals surface area (Å²) in [5.74, 6) is -0.654. The first kappa shape index (κ1) is 20.2. The number of esters is 2. The van der Waals surface area contributed by atoms with Gasteiger partial charge in [0.2, 0.25) is 6.79 Å². The highest BCUT2D eigenvalue weighted by Crippen LogP contribution is 2.34. The third kappa shape index (κ3) is 4.18. The largest absolute Gasteiger partial charge is 0.462 e. The molecule has 0 bridgehead atoms. The van der Waals surface area contributed by atoms with Gasteiger partial charge in [0.15, 0.2) is 17.6 Å². The lowest BCUT2D eigenvalue weighted by Crippen LogP contribution is -2.30. The number of nitrogens with one attached hydrogen (secondary N) is 2. The normalized spacial score (nSPS) is 13.0.